The van der Waals surface area contributed by atoms with E-state index in [1.807, 2.05) is 6.33 Å². The number of aromatic nitrogens is 2. The van der Waals surface area contributed by atoms with Crippen molar-refractivity contribution in [3.05, 3.63) is 18.2 Å². The Morgan fingerprint density at radius 2 is 2.17 bits per heavy atom. The molecule has 1 saturated carbocycles. The molecule has 0 saturated heterocycles. The number of hydrogen-bond acceptors (Lipinski definition) is 2. The Balaban J connectivity index is 1.95. The van der Waals surface area contributed by atoms with Gasteiger partial charge in [0.05, 0.1) is 12.0 Å². The van der Waals surface area contributed by atoms with E-state index < -0.39 is 0 Å². The molecule has 1 N–H and O–H groups in total. The van der Waals surface area contributed by atoms with Crippen molar-refractivity contribution in [2.45, 2.75) is 65.0 Å². The predicted molar refractivity (Wildman–Crippen MR) is 75.5 cm³/mol. The second-order valence-corrected chi connectivity index (χ2v) is 5.51. The van der Waals surface area contributed by atoms with E-state index >= 15 is 0 Å². The third-order valence-electron chi connectivity index (χ3n) is 4.16. The van der Waals surface area contributed by atoms with Gasteiger partial charge in [0.1, 0.15) is 0 Å². The fraction of sp³-hybridized carbons (Fsp3) is 0.800. The first-order valence-electron chi connectivity index (χ1n) is 7.58. The van der Waals surface area contributed by atoms with E-state index in [0.717, 1.165) is 19.0 Å². The zero-order valence-corrected chi connectivity index (χ0v) is 11.9. The van der Waals surface area contributed by atoms with Crippen molar-refractivity contribution in [2.24, 2.45) is 5.92 Å². The van der Waals surface area contributed by atoms with Crippen LogP contribution >= 0.6 is 0 Å². The Kier molecular flexibility index (Phi) is 5.24. The molecule has 0 radical (unpaired) electrons. The molecule has 0 spiro atoms. The largest absolute Gasteiger partial charge is 0.334 e. The minimum absolute atomic E-state index is 0.691. The molecule has 1 aliphatic carbocycles. The lowest BCUT2D eigenvalue weighted by molar-refractivity contribution is 0.232. The Morgan fingerprint density at radius 3 is 2.94 bits per heavy atom. The molecule has 18 heavy (non-hydrogen) atoms. The van der Waals surface area contributed by atoms with Crippen LogP contribution in [0.5, 0.6) is 0 Å². The van der Waals surface area contributed by atoms with Gasteiger partial charge in [-0.05, 0) is 31.7 Å². The minimum Gasteiger partial charge on any atom is -0.334 e. The van der Waals surface area contributed by atoms with Crippen LogP contribution in [0.15, 0.2) is 12.5 Å². The molecule has 2 atom stereocenters. The second kappa shape index (κ2) is 6.93. The summed E-state index contributed by atoms with van der Waals surface area (Å²) in [4.78, 5) is 4.53. The average Bonchev–Trinajstić information content (AvgIpc) is 2.88. The molecule has 2 unspecified atom stereocenters. The molecule has 102 valence electrons. The molecule has 1 aliphatic rings. The van der Waals surface area contributed by atoms with Gasteiger partial charge in [-0.25, -0.2) is 4.98 Å². The van der Waals surface area contributed by atoms with Crippen LogP contribution < -0.4 is 5.32 Å². The SMILES string of the molecule is CCCNCc1cn(C2CCCCC2CC)cn1. The molecule has 0 bridgehead atoms. The quantitative estimate of drug-likeness (QED) is 0.782. The van der Waals surface area contributed by atoms with Gasteiger partial charge in [-0.3, -0.25) is 0 Å². The van der Waals surface area contributed by atoms with Crippen molar-refractivity contribution in [3.63, 3.8) is 0 Å². The molecular formula is C15H27N3. The van der Waals surface area contributed by atoms with Gasteiger partial charge in [0.2, 0.25) is 0 Å². The highest BCUT2D eigenvalue weighted by Gasteiger charge is 2.24. The highest BCUT2D eigenvalue weighted by Crippen LogP contribution is 2.35. The van der Waals surface area contributed by atoms with Gasteiger partial charge in [0.15, 0.2) is 0 Å². The minimum atomic E-state index is 0.691. The average molecular weight is 249 g/mol. The molecule has 3 heteroatoms. The maximum atomic E-state index is 4.53. The Hall–Kier alpha value is -0.830. The van der Waals surface area contributed by atoms with Crippen molar-refractivity contribution in [3.8, 4) is 0 Å². The molecule has 1 fully saturated rings. The summed E-state index contributed by atoms with van der Waals surface area (Å²) in [6.45, 7) is 6.50. The molecule has 3 nitrogen and oxygen atoms in total. The highest BCUT2D eigenvalue weighted by atomic mass is 15.1. The maximum Gasteiger partial charge on any atom is 0.0952 e. The standard InChI is InChI=1S/C15H27N3/c1-3-9-16-10-14-11-18(12-17-14)15-8-6-5-7-13(15)4-2/h11-13,15-16H,3-10H2,1-2H3. The summed E-state index contributed by atoms with van der Waals surface area (Å²) in [5, 5.41) is 3.42. The summed E-state index contributed by atoms with van der Waals surface area (Å²) in [5.41, 5.74) is 1.18. The first kappa shape index (κ1) is 13.6. The first-order valence-corrected chi connectivity index (χ1v) is 7.58. The van der Waals surface area contributed by atoms with Gasteiger partial charge in [-0.1, -0.05) is 33.1 Å². The highest BCUT2D eigenvalue weighted by molar-refractivity contribution is 4.99. The number of hydrogen-bond donors (Lipinski definition) is 1. The van der Waals surface area contributed by atoms with Gasteiger partial charge >= 0.3 is 0 Å². The van der Waals surface area contributed by atoms with E-state index in [-0.39, 0.29) is 0 Å². The lowest BCUT2D eigenvalue weighted by Gasteiger charge is -2.31. The van der Waals surface area contributed by atoms with Gasteiger partial charge in [0.25, 0.3) is 0 Å². The summed E-state index contributed by atoms with van der Waals surface area (Å²) >= 11 is 0. The summed E-state index contributed by atoms with van der Waals surface area (Å²) in [5.74, 6) is 0.851. The number of nitrogens with zero attached hydrogens (tertiary/aromatic N) is 2. The molecule has 1 aromatic rings. The normalized spacial score (nSPS) is 24.3. The Bertz CT molecular complexity index is 345. The smallest absolute Gasteiger partial charge is 0.0952 e. The maximum absolute atomic E-state index is 4.53. The zero-order valence-electron chi connectivity index (χ0n) is 11.9. The van der Waals surface area contributed by atoms with Crippen LogP contribution in [-0.4, -0.2) is 16.1 Å². The summed E-state index contributed by atoms with van der Waals surface area (Å²) in [7, 11) is 0. The van der Waals surface area contributed by atoms with Crippen molar-refractivity contribution in [1.82, 2.24) is 14.9 Å². The predicted octanol–water partition coefficient (Wildman–Crippen LogP) is 3.52. The molecule has 0 aliphatic heterocycles. The van der Waals surface area contributed by atoms with E-state index in [4.69, 9.17) is 0 Å². The van der Waals surface area contributed by atoms with Crippen molar-refractivity contribution >= 4 is 0 Å². The fourth-order valence-electron chi connectivity index (χ4n) is 3.10. The van der Waals surface area contributed by atoms with Gasteiger partial charge < -0.3 is 9.88 Å². The molecular weight excluding hydrogens is 222 g/mol. The third kappa shape index (κ3) is 3.35. The number of imidazole rings is 1. The lowest BCUT2D eigenvalue weighted by Crippen LogP contribution is -2.22. The van der Waals surface area contributed by atoms with Gasteiger partial charge in [-0.15, -0.1) is 0 Å². The zero-order chi connectivity index (χ0) is 12.8. The van der Waals surface area contributed by atoms with E-state index in [1.54, 1.807) is 0 Å². The summed E-state index contributed by atoms with van der Waals surface area (Å²) in [6, 6.07) is 0.691. The van der Waals surface area contributed by atoms with Crippen LogP contribution in [0.1, 0.15) is 64.1 Å². The molecule has 2 rings (SSSR count). The number of nitrogens with one attached hydrogen (secondary N) is 1. The van der Waals surface area contributed by atoms with Crippen LogP contribution in [0.2, 0.25) is 0 Å². The monoisotopic (exact) mass is 249 g/mol. The van der Waals surface area contributed by atoms with Crippen molar-refractivity contribution in [1.29, 1.82) is 0 Å². The first-order chi connectivity index (χ1) is 8.85. The van der Waals surface area contributed by atoms with E-state index in [1.165, 1.54) is 44.2 Å². The molecule has 0 aromatic carbocycles. The van der Waals surface area contributed by atoms with E-state index in [0.29, 0.717) is 6.04 Å². The van der Waals surface area contributed by atoms with Crippen molar-refractivity contribution < 1.29 is 0 Å². The van der Waals surface area contributed by atoms with E-state index in [9.17, 15) is 0 Å². The van der Waals surface area contributed by atoms with Crippen LogP contribution in [0, 0.1) is 5.92 Å². The lowest BCUT2D eigenvalue weighted by atomic mass is 9.83. The third-order valence-corrected chi connectivity index (χ3v) is 4.16. The van der Waals surface area contributed by atoms with Crippen LogP contribution in [0.25, 0.3) is 0 Å². The summed E-state index contributed by atoms with van der Waals surface area (Å²) < 4.78 is 2.37. The Labute approximate surface area is 111 Å². The van der Waals surface area contributed by atoms with Gasteiger partial charge in [-0.2, -0.15) is 0 Å². The second-order valence-electron chi connectivity index (χ2n) is 5.51. The van der Waals surface area contributed by atoms with Crippen LogP contribution in [-0.2, 0) is 6.54 Å². The molecule has 1 aromatic heterocycles. The van der Waals surface area contributed by atoms with E-state index in [2.05, 4.69) is 34.9 Å². The van der Waals surface area contributed by atoms with Crippen LogP contribution in [0.4, 0.5) is 0 Å². The van der Waals surface area contributed by atoms with Crippen LogP contribution in [0.3, 0.4) is 0 Å². The molecule has 1 heterocycles. The fourth-order valence-corrected chi connectivity index (χ4v) is 3.10. The van der Waals surface area contributed by atoms with Crippen molar-refractivity contribution in [2.75, 3.05) is 6.54 Å². The topological polar surface area (TPSA) is 29.9 Å². The molecule has 0 amide bonds. The Morgan fingerprint density at radius 1 is 1.33 bits per heavy atom. The summed E-state index contributed by atoms with van der Waals surface area (Å²) in [6.07, 6.45) is 12.3. The van der Waals surface area contributed by atoms with Gasteiger partial charge in [0, 0.05) is 18.8 Å². The number of rotatable bonds is 6.